The Hall–Kier alpha value is -1.32. The van der Waals surface area contributed by atoms with Crippen molar-refractivity contribution in [3.05, 3.63) is 64.5 Å². The van der Waals surface area contributed by atoms with Gasteiger partial charge in [0.05, 0.1) is 6.10 Å². The maximum absolute atomic E-state index is 14.2. The number of benzene rings is 2. The van der Waals surface area contributed by atoms with Gasteiger partial charge >= 0.3 is 0 Å². The minimum absolute atomic E-state index is 0.0351. The molecule has 1 N–H and O–H groups in total. The fourth-order valence-corrected chi connectivity index (χ4v) is 4.23. The van der Waals surface area contributed by atoms with E-state index in [2.05, 4.69) is 6.07 Å². The zero-order valence-electron chi connectivity index (χ0n) is 11.6. The highest BCUT2D eigenvalue weighted by atomic mass is 32.2. The lowest BCUT2D eigenvalue weighted by Crippen LogP contribution is -2.13. The number of fused-ring (bicyclic) bond motifs is 1. The SMILES string of the molecule is Cc1cc(C)c(C(O)C2CSc3ccccc32)c(F)c1. The molecule has 2 aromatic carbocycles. The van der Waals surface area contributed by atoms with Crippen molar-refractivity contribution in [3.8, 4) is 0 Å². The molecule has 1 aliphatic rings. The molecule has 0 saturated heterocycles. The van der Waals surface area contributed by atoms with E-state index in [1.807, 2.05) is 38.1 Å². The van der Waals surface area contributed by atoms with Gasteiger partial charge in [-0.2, -0.15) is 0 Å². The molecule has 3 rings (SSSR count). The predicted molar refractivity (Wildman–Crippen MR) is 80.7 cm³/mol. The van der Waals surface area contributed by atoms with Crippen LogP contribution in [-0.2, 0) is 0 Å². The van der Waals surface area contributed by atoms with E-state index in [0.29, 0.717) is 5.56 Å². The van der Waals surface area contributed by atoms with Crippen LogP contribution < -0.4 is 0 Å². The van der Waals surface area contributed by atoms with Gasteiger partial charge in [-0.25, -0.2) is 4.39 Å². The molecule has 0 saturated carbocycles. The molecule has 2 unspecified atom stereocenters. The molecule has 20 heavy (non-hydrogen) atoms. The fraction of sp³-hybridized carbons (Fsp3) is 0.294. The molecule has 1 aliphatic heterocycles. The van der Waals surface area contributed by atoms with Gasteiger partial charge in [-0.1, -0.05) is 24.3 Å². The zero-order valence-corrected chi connectivity index (χ0v) is 12.4. The summed E-state index contributed by atoms with van der Waals surface area (Å²) in [5, 5.41) is 10.7. The number of halogens is 1. The summed E-state index contributed by atoms with van der Waals surface area (Å²) < 4.78 is 14.2. The average Bonchev–Trinajstić information content (AvgIpc) is 2.81. The van der Waals surface area contributed by atoms with Crippen molar-refractivity contribution >= 4 is 11.8 Å². The minimum Gasteiger partial charge on any atom is -0.388 e. The van der Waals surface area contributed by atoms with Crippen LogP contribution >= 0.6 is 11.8 Å². The van der Waals surface area contributed by atoms with Crippen molar-refractivity contribution in [1.29, 1.82) is 0 Å². The monoisotopic (exact) mass is 288 g/mol. The van der Waals surface area contributed by atoms with E-state index in [1.165, 1.54) is 11.0 Å². The summed E-state index contributed by atoms with van der Waals surface area (Å²) in [6.07, 6.45) is -0.785. The lowest BCUT2D eigenvalue weighted by Gasteiger charge is -2.21. The van der Waals surface area contributed by atoms with Gasteiger partial charge in [0, 0.05) is 22.1 Å². The second-order valence-electron chi connectivity index (χ2n) is 5.38. The Morgan fingerprint density at radius 2 is 2.00 bits per heavy atom. The summed E-state index contributed by atoms with van der Waals surface area (Å²) in [6, 6.07) is 11.5. The van der Waals surface area contributed by atoms with Crippen LogP contribution in [0.1, 0.15) is 34.3 Å². The van der Waals surface area contributed by atoms with E-state index in [9.17, 15) is 9.50 Å². The molecular weight excluding hydrogens is 271 g/mol. The molecule has 0 bridgehead atoms. The number of hydrogen-bond donors (Lipinski definition) is 1. The first-order valence-corrected chi connectivity index (χ1v) is 7.73. The molecule has 0 aliphatic carbocycles. The molecule has 0 spiro atoms. The van der Waals surface area contributed by atoms with Crippen LogP contribution in [0.4, 0.5) is 4.39 Å². The Morgan fingerprint density at radius 1 is 1.25 bits per heavy atom. The van der Waals surface area contributed by atoms with Crippen molar-refractivity contribution in [3.63, 3.8) is 0 Å². The molecule has 0 aromatic heterocycles. The lowest BCUT2D eigenvalue weighted by atomic mass is 9.88. The van der Waals surface area contributed by atoms with Crippen LogP contribution in [0.3, 0.4) is 0 Å². The van der Waals surface area contributed by atoms with Gasteiger partial charge in [-0.05, 0) is 42.7 Å². The molecule has 2 aromatic rings. The number of hydrogen-bond acceptors (Lipinski definition) is 2. The summed E-state index contributed by atoms with van der Waals surface area (Å²) in [7, 11) is 0. The number of thioether (sulfide) groups is 1. The third-order valence-electron chi connectivity index (χ3n) is 3.89. The van der Waals surface area contributed by atoms with Crippen LogP contribution in [0, 0.1) is 19.7 Å². The quantitative estimate of drug-likeness (QED) is 0.885. The van der Waals surface area contributed by atoms with Gasteiger partial charge in [0.25, 0.3) is 0 Å². The standard InChI is InChI=1S/C17H17FOS/c1-10-7-11(2)16(14(18)8-10)17(19)13-9-20-15-6-4-3-5-12(13)15/h3-8,13,17,19H,9H2,1-2H3. The molecular formula is C17H17FOS. The molecule has 0 radical (unpaired) electrons. The van der Waals surface area contributed by atoms with E-state index >= 15 is 0 Å². The Balaban J connectivity index is 2.01. The summed E-state index contributed by atoms with van der Waals surface area (Å²) in [6.45, 7) is 3.73. The smallest absolute Gasteiger partial charge is 0.129 e. The minimum atomic E-state index is -0.785. The van der Waals surface area contributed by atoms with Crippen molar-refractivity contribution in [2.24, 2.45) is 0 Å². The molecule has 104 valence electrons. The average molecular weight is 288 g/mol. The van der Waals surface area contributed by atoms with Crippen molar-refractivity contribution < 1.29 is 9.50 Å². The van der Waals surface area contributed by atoms with Gasteiger partial charge < -0.3 is 5.11 Å². The van der Waals surface area contributed by atoms with Crippen molar-refractivity contribution in [1.82, 2.24) is 0 Å². The highest BCUT2D eigenvalue weighted by Crippen LogP contribution is 2.46. The first-order chi connectivity index (χ1) is 9.58. The van der Waals surface area contributed by atoms with E-state index in [-0.39, 0.29) is 11.7 Å². The molecule has 2 atom stereocenters. The van der Waals surface area contributed by atoms with Crippen LogP contribution in [0.25, 0.3) is 0 Å². The Morgan fingerprint density at radius 3 is 2.75 bits per heavy atom. The first kappa shape index (κ1) is 13.7. The second-order valence-corrected chi connectivity index (χ2v) is 6.44. The van der Waals surface area contributed by atoms with E-state index in [4.69, 9.17) is 0 Å². The van der Waals surface area contributed by atoms with Gasteiger partial charge in [0.2, 0.25) is 0 Å². The predicted octanol–water partition coefficient (Wildman–Crippen LogP) is 4.37. The number of aryl methyl sites for hydroxylation is 2. The molecule has 3 heteroatoms. The number of rotatable bonds is 2. The fourth-order valence-electron chi connectivity index (χ4n) is 2.95. The Bertz CT molecular complexity index is 630. The van der Waals surface area contributed by atoms with Crippen molar-refractivity contribution in [2.45, 2.75) is 30.8 Å². The van der Waals surface area contributed by atoms with Gasteiger partial charge in [-0.15, -0.1) is 11.8 Å². The van der Waals surface area contributed by atoms with Gasteiger partial charge in [0.1, 0.15) is 5.82 Å². The van der Waals surface area contributed by atoms with Crippen molar-refractivity contribution in [2.75, 3.05) is 5.75 Å². The van der Waals surface area contributed by atoms with Crippen LogP contribution in [0.5, 0.6) is 0 Å². The molecule has 1 nitrogen and oxygen atoms in total. The van der Waals surface area contributed by atoms with E-state index < -0.39 is 6.10 Å². The zero-order chi connectivity index (χ0) is 14.3. The Kier molecular flexibility index (Phi) is 3.57. The van der Waals surface area contributed by atoms with E-state index in [1.54, 1.807) is 11.8 Å². The highest BCUT2D eigenvalue weighted by Gasteiger charge is 2.32. The maximum Gasteiger partial charge on any atom is 0.129 e. The van der Waals surface area contributed by atoms with Gasteiger partial charge in [0.15, 0.2) is 0 Å². The summed E-state index contributed by atoms with van der Waals surface area (Å²) in [4.78, 5) is 1.20. The number of aliphatic hydroxyl groups is 1. The molecule has 1 heterocycles. The summed E-state index contributed by atoms with van der Waals surface area (Å²) >= 11 is 1.73. The van der Waals surface area contributed by atoms with Gasteiger partial charge in [-0.3, -0.25) is 0 Å². The summed E-state index contributed by atoms with van der Waals surface area (Å²) in [5.41, 5.74) is 3.28. The molecule has 0 fully saturated rings. The van der Waals surface area contributed by atoms with Crippen LogP contribution in [0.15, 0.2) is 41.3 Å². The topological polar surface area (TPSA) is 20.2 Å². The van der Waals surface area contributed by atoms with Crippen LogP contribution in [0.2, 0.25) is 0 Å². The number of aliphatic hydroxyl groups excluding tert-OH is 1. The second kappa shape index (κ2) is 5.23. The Labute approximate surface area is 122 Å². The largest absolute Gasteiger partial charge is 0.388 e. The third-order valence-corrected chi connectivity index (χ3v) is 5.10. The highest BCUT2D eigenvalue weighted by molar-refractivity contribution is 7.99. The molecule has 0 amide bonds. The first-order valence-electron chi connectivity index (χ1n) is 6.74. The summed E-state index contributed by atoms with van der Waals surface area (Å²) in [5.74, 6) is 0.462. The normalized spacial score (nSPS) is 18.9. The van der Waals surface area contributed by atoms with E-state index in [0.717, 1.165) is 22.4 Å². The van der Waals surface area contributed by atoms with Crippen LogP contribution in [-0.4, -0.2) is 10.9 Å². The lowest BCUT2D eigenvalue weighted by molar-refractivity contribution is 0.148. The third kappa shape index (κ3) is 2.25. The maximum atomic E-state index is 14.2.